The zero-order valence-corrected chi connectivity index (χ0v) is 11.0. The quantitative estimate of drug-likeness (QED) is 0.831. The summed E-state index contributed by atoms with van der Waals surface area (Å²) in [6, 6.07) is 11.2. The third-order valence-corrected chi connectivity index (χ3v) is 3.68. The van der Waals surface area contributed by atoms with Crippen LogP contribution in [0.4, 0.5) is 5.69 Å². The predicted octanol–water partition coefficient (Wildman–Crippen LogP) is 3.10. The zero-order chi connectivity index (χ0) is 12.5. The first-order valence-electron chi connectivity index (χ1n) is 6.58. The van der Waals surface area contributed by atoms with Crippen LogP contribution in [-0.2, 0) is 6.42 Å². The number of benzene rings is 1. The maximum absolute atomic E-state index is 4.62. The Labute approximate surface area is 108 Å². The van der Waals surface area contributed by atoms with E-state index in [1.807, 2.05) is 0 Å². The fraction of sp³-hybridized carbons (Fsp3) is 0.400. The predicted molar refractivity (Wildman–Crippen MR) is 74.0 cm³/mol. The van der Waals surface area contributed by atoms with Crippen molar-refractivity contribution in [2.24, 2.45) is 0 Å². The average molecular weight is 241 g/mol. The van der Waals surface area contributed by atoms with Crippen LogP contribution in [0.5, 0.6) is 0 Å². The van der Waals surface area contributed by atoms with Crippen molar-refractivity contribution in [2.45, 2.75) is 32.7 Å². The molecule has 0 amide bonds. The van der Waals surface area contributed by atoms with Crippen LogP contribution in [0.15, 0.2) is 30.3 Å². The molecule has 94 valence electrons. The SMILES string of the molecule is Cc1cc(C)n(C2CCc3ccccc3NC2)n1. The van der Waals surface area contributed by atoms with Gasteiger partial charge in [-0.15, -0.1) is 0 Å². The van der Waals surface area contributed by atoms with Crippen LogP contribution >= 0.6 is 0 Å². The van der Waals surface area contributed by atoms with Crippen LogP contribution in [0.25, 0.3) is 0 Å². The van der Waals surface area contributed by atoms with E-state index < -0.39 is 0 Å². The van der Waals surface area contributed by atoms with E-state index in [1.54, 1.807) is 0 Å². The fourth-order valence-corrected chi connectivity index (χ4v) is 2.79. The molecule has 1 aromatic heterocycles. The number of fused-ring (bicyclic) bond motifs is 1. The molecule has 1 aliphatic heterocycles. The van der Waals surface area contributed by atoms with Gasteiger partial charge in [0.15, 0.2) is 0 Å². The van der Waals surface area contributed by atoms with E-state index in [2.05, 4.69) is 59.3 Å². The Bertz CT molecular complexity index is 530. The Kier molecular flexibility index (Phi) is 2.82. The Morgan fingerprint density at radius 2 is 2.11 bits per heavy atom. The molecule has 0 bridgehead atoms. The number of para-hydroxylation sites is 1. The molecular formula is C15H19N3. The molecule has 18 heavy (non-hydrogen) atoms. The van der Waals surface area contributed by atoms with Gasteiger partial charge in [-0.25, -0.2) is 0 Å². The summed E-state index contributed by atoms with van der Waals surface area (Å²) in [5.74, 6) is 0. The highest BCUT2D eigenvalue weighted by Crippen LogP contribution is 2.26. The second-order valence-electron chi connectivity index (χ2n) is 5.10. The molecule has 0 spiro atoms. The van der Waals surface area contributed by atoms with Gasteiger partial charge in [0.1, 0.15) is 0 Å². The van der Waals surface area contributed by atoms with E-state index in [4.69, 9.17) is 0 Å². The smallest absolute Gasteiger partial charge is 0.0697 e. The van der Waals surface area contributed by atoms with Crippen molar-refractivity contribution in [2.75, 3.05) is 11.9 Å². The maximum Gasteiger partial charge on any atom is 0.0697 e. The molecule has 3 rings (SSSR count). The van der Waals surface area contributed by atoms with E-state index >= 15 is 0 Å². The molecule has 0 saturated carbocycles. The van der Waals surface area contributed by atoms with Crippen molar-refractivity contribution < 1.29 is 0 Å². The molecule has 1 atom stereocenters. The van der Waals surface area contributed by atoms with Crippen molar-refractivity contribution >= 4 is 5.69 Å². The third kappa shape index (κ3) is 2.01. The van der Waals surface area contributed by atoms with Gasteiger partial charge in [-0.1, -0.05) is 18.2 Å². The Morgan fingerprint density at radius 1 is 1.28 bits per heavy atom. The van der Waals surface area contributed by atoms with Crippen LogP contribution in [0.1, 0.15) is 29.4 Å². The summed E-state index contributed by atoms with van der Waals surface area (Å²) >= 11 is 0. The van der Waals surface area contributed by atoms with Gasteiger partial charge in [-0.3, -0.25) is 4.68 Å². The molecule has 1 N–H and O–H groups in total. The van der Waals surface area contributed by atoms with Crippen molar-refractivity contribution in [3.63, 3.8) is 0 Å². The Hall–Kier alpha value is -1.77. The Balaban J connectivity index is 1.85. The molecule has 3 heteroatoms. The second kappa shape index (κ2) is 4.48. The van der Waals surface area contributed by atoms with E-state index in [9.17, 15) is 0 Å². The first kappa shape index (κ1) is 11.3. The number of hydrogen-bond donors (Lipinski definition) is 1. The van der Waals surface area contributed by atoms with Gasteiger partial charge in [0.2, 0.25) is 0 Å². The average Bonchev–Trinajstić information content (AvgIpc) is 2.60. The van der Waals surface area contributed by atoms with Gasteiger partial charge < -0.3 is 5.32 Å². The molecule has 2 aromatic rings. The van der Waals surface area contributed by atoms with Gasteiger partial charge in [0, 0.05) is 17.9 Å². The monoisotopic (exact) mass is 241 g/mol. The molecular weight excluding hydrogens is 222 g/mol. The molecule has 0 fully saturated rings. The molecule has 2 heterocycles. The highest BCUT2D eigenvalue weighted by molar-refractivity contribution is 5.52. The number of nitrogens with zero attached hydrogens (tertiary/aromatic N) is 2. The first-order chi connectivity index (χ1) is 8.74. The van der Waals surface area contributed by atoms with Gasteiger partial charge in [0.05, 0.1) is 11.7 Å². The number of hydrogen-bond acceptors (Lipinski definition) is 2. The lowest BCUT2D eigenvalue weighted by molar-refractivity contribution is 0.438. The summed E-state index contributed by atoms with van der Waals surface area (Å²) in [7, 11) is 0. The minimum absolute atomic E-state index is 0.450. The van der Waals surface area contributed by atoms with Crippen molar-refractivity contribution in [3.8, 4) is 0 Å². The number of nitrogens with one attached hydrogen (secondary N) is 1. The van der Waals surface area contributed by atoms with Gasteiger partial charge in [0.25, 0.3) is 0 Å². The first-order valence-corrected chi connectivity index (χ1v) is 6.58. The largest absolute Gasteiger partial charge is 0.383 e. The molecule has 0 saturated heterocycles. The van der Waals surface area contributed by atoms with Crippen LogP contribution in [0, 0.1) is 13.8 Å². The summed E-state index contributed by atoms with van der Waals surface area (Å²) in [6.07, 6.45) is 2.26. The molecule has 3 nitrogen and oxygen atoms in total. The highest BCUT2D eigenvalue weighted by atomic mass is 15.3. The molecule has 1 aliphatic rings. The second-order valence-corrected chi connectivity index (χ2v) is 5.10. The molecule has 0 radical (unpaired) electrons. The van der Waals surface area contributed by atoms with Gasteiger partial charge in [-0.05, 0) is 44.4 Å². The zero-order valence-electron chi connectivity index (χ0n) is 11.0. The van der Waals surface area contributed by atoms with Crippen LogP contribution in [0.2, 0.25) is 0 Å². The standard InChI is InChI=1S/C15H19N3/c1-11-9-12(2)18(17-11)14-8-7-13-5-3-4-6-15(13)16-10-14/h3-6,9,14,16H,7-8,10H2,1-2H3. The summed E-state index contributed by atoms with van der Waals surface area (Å²) < 4.78 is 2.17. The van der Waals surface area contributed by atoms with E-state index in [0.29, 0.717) is 6.04 Å². The fourth-order valence-electron chi connectivity index (χ4n) is 2.79. The number of aryl methyl sites for hydroxylation is 3. The van der Waals surface area contributed by atoms with E-state index in [-0.39, 0.29) is 0 Å². The Morgan fingerprint density at radius 3 is 2.89 bits per heavy atom. The lowest BCUT2D eigenvalue weighted by Crippen LogP contribution is -2.19. The summed E-state index contributed by atoms with van der Waals surface area (Å²) in [4.78, 5) is 0. The molecule has 1 unspecified atom stereocenters. The van der Waals surface area contributed by atoms with Gasteiger partial charge >= 0.3 is 0 Å². The highest BCUT2D eigenvalue weighted by Gasteiger charge is 2.18. The van der Waals surface area contributed by atoms with E-state index in [1.165, 1.54) is 16.9 Å². The van der Waals surface area contributed by atoms with Crippen LogP contribution in [0.3, 0.4) is 0 Å². The maximum atomic E-state index is 4.62. The molecule has 1 aromatic carbocycles. The van der Waals surface area contributed by atoms with Crippen molar-refractivity contribution in [3.05, 3.63) is 47.3 Å². The van der Waals surface area contributed by atoms with E-state index in [0.717, 1.165) is 25.1 Å². The third-order valence-electron chi connectivity index (χ3n) is 3.68. The lowest BCUT2D eigenvalue weighted by atomic mass is 10.1. The normalized spacial score (nSPS) is 18.9. The van der Waals surface area contributed by atoms with Crippen molar-refractivity contribution in [1.29, 1.82) is 0 Å². The summed E-state index contributed by atoms with van der Waals surface area (Å²) in [5.41, 5.74) is 5.06. The topological polar surface area (TPSA) is 29.9 Å². The van der Waals surface area contributed by atoms with Crippen LogP contribution < -0.4 is 5.32 Å². The number of anilines is 1. The van der Waals surface area contributed by atoms with Crippen molar-refractivity contribution in [1.82, 2.24) is 9.78 Å². The molecule has 0 aliphatic carbocycles. The lowest BCUT2D eigenvalue weighted by Gasteiger charge is -2.17. The number of rotatable bonds is 1. The number of aromatic nitrogens is 2. The minimum atomic E-state index is 0.450. The van der Waals surface area contributed by atoms with Gasteiger partial charge in [-0.2, -0.15) is 5.10 Å². The van der Waals surface area contributed by atoms with Crippen LogP contribution in [-0.4, -0.2) is 16.3 Å². The minimum Gasteiger partial charge on any atom is -0.383 e. The summed E-state index contributed by atoms with van der Waals surface area (Å²) in [6.45, 7) is 5.15. The summed E-state index contributed by atoms with van der Waals surface area (Å²) in [5, 5.41) is 8.16.